The van der Waals surface area contributed by atoms with E-state index in [0.29, 0.717) is 37.0 Å². The summed E-state index contributed by atoms with van der Waals surface area (Å²) in [5.74, 6) is 1.14. The number of aromatic amines is 1. The highest BCUT2D eigenvalue weighted by Gasteiger charge is 2.25. The number of carbonyl (C=O) groups is 1. The van der Waals surface area contributed by atoms with E-state index in [1.165, 1.54) is 0 Å². The molecule has 2 aromatic carbocycles. The quantitative estimate of drug-likeness (QED) is 0.622. The lowest BCUT2D eigenvalue weighted by Crippen LogP contribution is -2.43. The smallest absolute Gasteiger partial charge is 0.272 e. The average molecular weight is 410 g/mol. The van der Waals surface area contributed by atoms with Crippen LogP contribution in [0.1, 0.15) is 22.1 Å². The van der Waals surface area contributed by atoms with E-state index in [0.717, 1.165) is 29.6 Å². The number of para-hydroxylation sites is 1. The molecular formula is C22H26N4O4. The van der Waals surface area contributed by atoms with Gasteiger partial charge in [0.05, 0.1) is 39.0 Å². The van der Waals surface area contributed by atoms with E-state index in [-0.39, 0.29) is 11.9 Å². The molecule has 1 fully saturated rings. The van der Waals surface area contributed by atoms with Crippen molar-refractivity contribution in [3.05, 3.63) is 53.7 Å². The summed E-state index contributed by atoms with van der Waals surface area (Å²) in [5.41, 5.74) is 2.28. The number of fused-ring (bicyclic) bond motifs is 1. The van der Waals surface area contributed by atoms with Crippen molar-refractivity contribution in [2.45, 2.75) is 6.04 Å². The average Bonchev–Trinajstić information content (AvgIpc) is 3.24. The topological polar surface area (TPSA) is 88.7 Å². The number of benzene rings is 2. The summed E-state index contributed by atoms with van der Waals surface area (Å²) >= 11 is 0. The molecule has 2 heterocycles. The molecule has 4 rings (SSSR count). The number of H-pyrrole nitrogens is 1. The summed E-state index contributed by atoms with van der Waals surface area (Å²) < 4.78 is 16.4. The number of rotatable bonds is 7. The fourth-order valence-corrected chi connectivity index (χ4v) is 3.82. The number of nitrogens with one attached hydrogen (secondary N) is 2. The van der Waals surface area contributed by atoms with Crippen molar-refractivity contribution in [1.82, 2.24) is 20.4 Å². The van der Waals surface area contributed by atoms with Crippen LogP contribution in [0.2, 0.25) is 0 Å². The first-order chi connectivity index (χ1) is 14.7. The minimum atomic E-state index is -0.203. The largest absolute Gasteiger partial charge is 0.493 e. The molecule has 1 amide bonds. The van der Waals surface area contributed by atoms with Gasteiger partial charge in [0.2, 0.25) is 0 Å². The number of aromatic nitrogens is 2. The van der Waals surface area contributed by atoms with Gasteiger partial charge in [-0.25, -0.2) is 0 Å². The maximum absolute atomic E-state index is 12.9. The van der Waals surface area contributed by atoms with Gasteiger partial charge in [-0.15, -0.1) is 0 Å². The number of hydrogen-bond acceptors (Lipinski definition) is 6. The first-order valence-electron chi connectivity index (χ1n) is 9.96. The van der Waals surface area contributed by atoms with E-state index in [4.69, 9.17) is 14.2 Å². The van der Waals surface area contributed by atoms with E-state index in [1.54, 1.807) is 14.2 Å². The fraction of sp³-hybridized carbons (Fsp3) is 0.364. The molecule has 0 saturated carbocycles. The molecule has 3 aromatic rings. The van der Waals surface area contributed by atoms with Gasteiger partial charge >= 0.3 is 0 Å². The molecular weight excluding hydrogens is 384 g/mol. The first kappa shape index (κ1) is 20.2. The van der Waals surface area contributed by atoms with Gasteiger partial charge in [-0.2, -0.15) is 5.10 Å². The lowest BCUT2D eigenvalue weighted by molar-refractivity contribution is 0.0162. The number of hydrogen-bond donors (Lipinski definition) is 2. The van der Waals surface area contributed by atoms with Crippen LogP contribution >= 0.6 is 0 Å². The van der Waals surface area contributed by atoms with Crippen LogP contribution in [0, 0.1) is 0 Å². The molecule has 8 heteroatoms. The summed E-state index contributed by atoms with van der Waals surface area (Å²) in [7, 11) is 3.24. The first-order valence-corrected chi connectivity index (χ1v) is 9.96. The summed E-state index contributed by atoms with van der Waals surface area (Å²) in [4.78, 5) is 15.2. The third kappa shape index (κ3) is 4.10. The molecule has 8 nitrogen and oxygen atoms in total. The second-order valence-corrected chi connectivity index (χ2v) is 7.11. The van der Waals surface area contributed by atoms with Crippen molar-refractivity contribution in [3.63, 3.8) is 0 Å². The molecule has 2 N–H and O–H groups in total. The van der Waals surface area contributed by atoms with Gasteiger partial charge < -0.3 is 19.5 Å². The molecule has 158 valence electrons. The van der Waals surface area contributed by atoms with Crippen molar-refractivity contribution < 1.29 is 19.0 Å². The van der Waals surface area contributed by atoms with Crippen LogP contribution in [0.4, 0.5) is 0 Å². The third-order valence-electron chi connectivity index (χ3n) is 5.42. The van der Waals surface area contributed by atoms with Gasteiger partial charge in [-0.05, 0) is 23.8 Å². The zero-order valence-corrected chi connectivity index (χ0v) is 17.2. The number of ether oxygens (including phenoxy) is 3. The number of nitrogens with zero attached hydrogens (tertiary/aromatic N) is 2. The third-order valence-corrected chi connectivity index (χ3v) is 5.42. The molecule has 1 atom stereocenters. The number of amides is 1. The maximum atomic E-state index is 12.9. The van der Waals surface area contributed by atoms with Crippen molar-refractivity contribution in [3.8, 4) is 11.5 Å². The van der Waals surface area contributed by atoms with Crippen molar-refractivity contribution in [2.75, 3.05) is 47.1 Å². The van der Waals surface area contributed by atoms with Gasteiger partial charge in [0.15, 0.2) is 17.2 Å². The van der Waals surface area contributed by atoms with Gasteiger partial charge in [-0.3, -0.25) is 14.8 Å². The normalized spacial score (nSPS) is 15.7. The Balaban J connectivity index is 1.56. The Morgan fingerprint density at radius 3 is 2.70 bits per heavy atom. The summed E-state index contributed by atoms with van der Waals surface area (Å²) in [6.45, 7) is 3.36. The molecule has 0 bridgehead atoms. The zero-order chi connectivity index (χ0) is 20.9. The Morgan fingerprint density at radius 1 is 1.17 bits per heavy atom. The van der Waals surface area contributed by atoms with Crippen LogP contribution in [0.25, 0.3) is 10.9 Å². The molecule has 1 saturated heterocycles. The van der Waals surface area contributed by atoms with Crippen LogP contribution in [-0.4, -0.2) is 68.1 Å². The number of methoxy groups -OCH3 is 2. The van der Waals surface area contributed by atoms with Crippen LogP contribution in [0.5, 0.6) is 11.5 Å². The van der Waals surface area contributed by atoms with Crippen LogP contribution in [0.3, 0.4) is 0 Å². The maximum Gasteiger partial charge on any atom is 0.272 e. The molecule has 0 radical (unpaired) electrons. The number of morpholine rings is 1. The standard InChI is InChI=1S/C22H26N4O4/c1-28-19-8-7-15(13-20(19)29-2)18(26-9-11-30-12-10-26)14-23-22(27)21-16-5-3-4-6-17(16)24-25-21/h3-8,13,18H,9-12,14H2,1-2H3,(H,23,27)(H,24,25). The molecule has 1 aliphatic heterocycles. The van der Waals surface area contributed by atoms with Gasteiger partial charge in [0.25, 0.3) is 5.91 Å². The highest BCUT2D eigenvalue weighted by Crippen LogP contribution is 2.32. The molecule has 1 unspecified atom stereocenters. The van der Waals surface area contributed by atoms with Crippen molar-refractivity contribution >= 4 is 16.8 Å². The van der Waals surface area contributed by atoms with E-state index in [9.17, 15) is 4.79 Å². The van der Waals surface area contributed by atoms with E-state index in [1.807, 2.05) is 42.5 Å². The Morgan fingerprint density at radius 2 is 1.93 bits per heavy atom. The highest BCUT2D eigenvalue weighted by molar-refractivity contribution is 6.04. The van der Waals surface area contributed by atoms with Gasteiger partial charge in [0.1, 0.15) is 0 Å². The van der Waals surface area contributed by atoms with Gasteiger partial charge in [-0.1, -0.05) is 24.3 Å². The SMILES string of the molecule is COc1ccc(C(CNC(=O)c2n[nH]c3ccccc23)N2CCOCC2)cc1OC. The minimum Gasteiger partial charge on any atom is -0.493 e. The van der Waals surface area contributed by atoms with Crippen LogP contribution in [0.15, 0.2) is 42.5 Å². The molecule has 1 aromatic heterocycles. The minimum absolute atomic E-state index is 0.0251. The van der Waals surface area contributed by atoms with E-state index < -0.39 is 0 Å². The predicted molar refractivity (Wildman–Crippen MR) is 113 cm³/mol. The predicted octanol–water partition coefficient (Wildman–Crippen LogP) is 2.38. The molecule has 0 aliphatic carbocycles. The summed E-state index contributed by atoms with van der Waals surface area (Å²) in [6, 6.07) is 13.4. The van der Waals surface area contributed by atoms with E-state index >= 15 is 0 Å². The van der Waals surface area contributed by atoms with Gasteiger partial charge in [0, 0.05) is 25.0 Å². The lowest BCUT2D eigenvalue weighted by atomic mass is 10.0. The van der Waals surface area contributed by atoms with Crippen molar-refractivity contribution in [1.29, 1.82) is 0 Å². The Labute approximate surface area is 175 Å². The lowest BCUT2D eigenvalue weighted by Gasteiger charge is -2.35. The molecule has 0 spiro atoms. The van der Waals surface area contributed by atoms with Crippen LogP contribution in [-0.2, 0) is 4.74 Å². The monoisotopic (exact) mass is 410 g/mol. The Kier molecular flexibility index (Phi) is 6.15. The summed E-state index contributed by atoms with van der Waals surface area (Å²) in [5, 5.41) is 11.0. The highest BCUT2D eigenvalue weighted by atomic mass is 16.5. The second-order valence-electron chi connectivity index (χ2n) is 7.11. The van der Waals surface area contributed by atoms with Crippen LogP contribution < -0.4 is 14.8 Å². The Hall–Kier alpha value is -3.10. The molecule has 1 aliphatic rings. The van der Waals surface area contributed by atoms with E-state index in [2.05, 4.69) is 20.4 Å². The summed E-state index contributed by atoms with van der Waals surface area (Å²) in [6.07, 6.45) is 0. The fourth-order valence-electron chi connectivity index (χ4n) is 3.82. The zero-order valence-electron chi connectivity index (χ0n) is 17.2. The number of carbonyl (C=O) groups excluding carboxylic acids is 1. The second kappa shape index (κ2) is 9.15. The molecule has 30 heavy (non-hydrogen) atoms. The Bertz CT molecular complexity index is 1010. The van der Waals surface area contributed by atoms with Crippen molar-refractivity contribution in [2.24, 2.45) is 0 Å².